The van der Waals surface area contributed by atoms with Crippen molar-refractivity contribution < 1.29 is 18.5 Å². The quantitative estimate of drug-likeness (QED) is 0.346. The maximum atomic E-state index is 11.9. The van der Waals surface area contributed by atoms with Crippen LogP contribution in [-0.2, 0) is 20.4 Å². The van der Waals surface area contributed by atoms with Gasteiger partial charge in [-0.25, -0.2) is 0 Å². The van der Waals surface area contributed by atoms with Crippen LogP contribution < -0.4 is 4.74 Å². The minimum Gasteiger partial charge on any atom is -0.492 e. The number of hydrogen-bond donors (Lipinski definition) is 0. The van der Waals surface area contributed by atoms with Gasteiger partial charge in [0.05, 0.1) is 17.5 Å². The Morgan fingerprint density at radius 2 is 1.69 bits per heavy atom. The zero-order valence-electron chi connectivity index (χ0n) is 15.9. The average molecular weight is 401 g/mol. The van der Waals surface area contributed by atoms with Gasteiger partial charge in [-0.15, -0.1) is 0 Å². The molecule has 0 aliphatic carbocycles. The van der Waals surface area contributed by atoms with Gasteiger partial charge in [-0.3, -0.25) is 13.8 Å². The van der Waals surface area contributed by atoms with Crippen LogP contribution in [-0.4, -0.2) is 28.6 Å². The standard InChI is InChI=1S/C20H29ClO4S/c1-4-18(22)16(19(23)5-2)10-8-6-7-9-13-25-20-12-11-15(26(3)24)14-17(20)21/h11-12,14,16H,4-10,13H2,1-3H3/t26-/m1/s1. The first-order chi connectivity index (χ1) is 12.4. The van der Waals surface area contributed by atoms with E-state index < -0.39 is 16.7 Å². The van der Waals surface area contributed by atoms with Gasteiger partial charge in [-0.2, -0.15) is 0 Å². The van der Waals surface area contributed by atoms with Crippen molar-refractivity contribution in [2.45, 2.75) is 63.7 Å². The Labute approximate surface area is 164 Å². The molecular formula is C20H29ClO4S. The van der Waals surface area contributed by atoms with Gasteiger partial charge in [0, 0.05) is 34.8 Å². The molecule has 0 aliphatic rings. The summed E-state index contributed by atoms with van der Waals surface area (Å²) in [4.78, 5) is 24.4. The number of carbonyl (C=O) groups excluding carboxylic acids is 2. The minimum absolute atomic E-state index is 0.0614. The van der Waals surface area contributed by atoms with Gasteiger partial charge < -0.3 is 4.74 Å². The lowest BCUT2D eigenvalue weighted by molar-refractivity contribution is -0.132. The first-order valence-electron chi connectivity index (χ1n) is 9.21. The fraction of sp³-hybridized carbons (Fsp3) is 0.600. The molecule has 0 bridgehead atoms. The number of halogens is 1. The van der Waals surface area contributed by atoms with E-state index >= 15 is 0 Å². The maximum Gasteiger partial charge on any atom is 0.143 e. The molecule has 0 spiro atoms. The smallest absolute Gasteiger partial charge is 0.143 e. The van der Waals surface area contributed by atoms with E-state index in [1.165, 1.54) is 0 Å². The molecule has 0 aliphatic heterocycles. The maximum absolute atomic E-state index is 11.9. The van der Waals surface area contributed by atoms with Crippen LogP contribution in [0.3, 0.4) is 0 Å². The first kappa shape index (κ1) is 22.8. The summed E-state index contributed by atoms with van der Waals surface area (Å²) >= 11 is 6.13. The average Bonchev–Trinajstić information content (AvgIpc) is 2.63. The zero-order valence-corrected chi connectivity index (χ0v) is 17.5. The van der Waals surface area contributed by atoms with Crippen molar-refractivity contribution in [3.05, 3.63) is 23.2 Å². The van der Waals surface area contributed by atoms with Gasteiger partial charge in [0.15, 0.2) is 0 Å². The summed E-state index contributed by atoms with van der Waals surface area (Å²) in [6, 6.07) is 5.17. The molecule has 1 aromatic rings. The summed E-state index contributed by atoms with van der Waals surface area (Å²) in [5.74, 6) is 0.309. The normalized spacial score (nSPS) is 12.2. The number of carbonyl (C=O) groups is 2. The molecule has 1 rings (SSSR count). The van der Waals surface area contributed by atoms with Crippen molar-refractivity contribution in [1.29, 1.82) is 0 Å². The van der Waals surface area contributed by atoms with Gasteiger partial charge in [-0.05, 0) is 31.0 Å². The Hall–Kier alpha value is -1.20. The molecule has 0 amide bonds. The van der Waals surface area contributed by atoms with Crippen molar-refractivity contribution in [3.8, 4) is 5.75 Å². The molecule has 146 valence electrons. The van der Waals surface area contributed by atoms with E-state index in [0.29, 0.717) is 41.5 Å². The molecule has 0 N–H and O–H groups in total. The second kappa shape index (κ2) is 12.2. The van der Waals surface area contributed by atoms with Crippen LogP contribution in [0.5, 0.6) is 5.75 Å². The lowest BCUT2D eigenvalue weighted by atomic mass is 9.90. The van der Waals surface area contributed by atoms with Gasteiger partial charge in [0.2, 0.25) is 0 Å². The molecule has 0 heterocycles. The Balaban J connectivity index is 2.28. The van der Waals surface area contributed by atoms with E-state index in [1.54, 1.807) is 24.5 Å². The summed E-state index contributed by atoms with van der Waals surface area (Å²) in [7, 11) is -1.06. The zero-order chi connectivity index (χ0) is 19.5. The number of benzene rings is 1. The summed E-state index contributed by atoms with van der Waals surface area (Å²) < 4.78 is 17.1. The number of ketones is 2. The predicted octanol–water partition coefficient (Wildman–Crippen LogP) is 4.98. The molecule has 1 atom stereocenters. The molecule has 6 heteroatoms. The highest BCUT2D eigenvalue weighted by molar-refractivity contribution is 7.84. The highest BCUT2D eigenvalue weighted by Crippen LogP contribution is 2.27. The molecule has 1 aromatic carbocycles. The second-order valence-corrected chi connectivity index (χ2v) is 8.08. The van der Waals surface area contributed by atoms with Gasteiger partial charge >= 0.3 is 0 Å². The Morgan fingerprint density at radius 3 is 2.23 bits per heavy atom. The van der Waals surface area contributed by atoms with E-state index in [2.05, 4.69) is 0 Å². The van der Waals surface area contributed by atoms with Crippen LogP contribution in [0.25, 0.3) is 0 Å². The van der Waals surface area contributed by atoms with Crippen molar-refractivity contribution in [3.63, 3.8) is 0 Å². The number of unbranched alkanes of at least 4 members (excludes halogenated alkanes) is 3. The molecule has 26 heavy (non-hydrogen) atoms. The van der Waals surface area contributed by atoms with E-state index in [0.717, 1.165) is 25.7 Å². The fourth-order valence-corrected chi connectivity index (χ4v) is 3.60. The summed E-state index contributed by atoms with van der Waals surface area (Å²) in [5, 5.41) is 0.469. The summed E-state index contributed by atoms with van der Waals surface area (Å²) in [5.41, 5.74) is 0. The van der Waals surface area contributed by atoms with Crippen molar-refractivity contribution >= 4 is 34.0 Å². The van der Waals surface area contributed by atoms with Crippen LogP contribution in [0.4, 0.5) is 0 Å². The Kier molecular flexibility index (Phi) is 10.7. The molecule has 0 saturated carbocycles. The molecule has 0 aromatic heterocycles. The largest absolute Gasteiger partial charge is 0.492 e. The molecule has 0 radical (unpaired) electrons. The highest BCUT2D eigenvalue weighted by atomic mass is 35.5. The van der Waals surface area contributed by atoms with Gasteiger partial charge in [0.1, 0.15) is 17.3 Å². The van der Waals surface area contributed by atoms with Crippen LogP contribution in [0.15, 0.2) is 23.1 Å². The van der Waals surface area contributed by atoms with Crippen molar-refractivity contribution in [1.82, 2.24) is 0 Å². The van der Waals surface area contributed by atoms with Gasteiger partial charge in [-0.1, -0.05) is 44.7 Å². The summed E-state index contributed by atoms with van der Waals surface area (Å²) in [6.45, 7) is 4.18. The predicted molar refractivity (Wildman–Crippen MR) is 106 cm³/mol. The van der Waals surface area contributed by atoms with Crippen molar-refractivity contribution in [2.24, 2.45) is 5.92 Å². The summed E-state index contributed by atoms with van der Waals surface area (Å²) in [6.07, 6.45) is 6.81. The third kappa shape index (κ3) is 7.58. The number of ether oxygens (including phenoxy) is 1. The lowest BCUT2D eigenvalue weighted by Gasteiger charge is -2.13. The van der Waals surface area contributed by atoms with Crippen LogP contribution in [0, 0.1) is 5.92 Å². The first-order valence-corrected chi connectivity index (χ1v) is 11.2. The van der Waals surface area contributed by atoms with E-state index in [9.17, 15) is 13.8 Å². The highest BCUT2D eigenvalue weighted by Gasteiger charge is 2.22. The topological polar surface area (TPSA) is 60.4 Å². The Morgan fingerprint density at radius 1 is 1.08 bits per heavy atom. The minimum atomic E-state index is -1.06. The molecule has 0 unspecified atom stereocenters. The fourth-order valence-electron chi connectivity index (χ4n) is 2.76. The van der Waals surface area contributed by atoms with Crippen LogP contribution in [0.1, 0.15) is 58.8 Å². The third-order valence-corrected chi connectivity index (χ3v) is 5.57. The van der Waals surface area contributed by atoms with Gasteiger partial charge in [0.25, 0.3) is 0 Å². The monoisotopic (exact) mass is 400 g/mol. The second-order valence-electron chi connectivity index (χ2n) is 6.29. The molecule has 0 fully saturated rings. The molecular weight excluding hydrogens is 372 g/mol. The molecule has 4 nitrogen and oxygen atoms in total. The number of rotatable bonds is 13. The molecule has 0 saturated heterocycles. The van der Waals surface area contributed by atoms with E-state index in [4.69, 9.17) is 16.3 Å². The Bertz CT molecular complexity index is 614. The van der Waals surface area contributed by atoms with Crippen LogP contribution in [0.2, 0.25) is 5.02 Å². The third-order valence-electron chi connectivity index (χ3n) is 4.35. The number of Topliss-reactive ketones (excluding diaryl/α,β-unsaturated/α-hetero) is 2. The number of hydrogen-bond acceptors (Lipinski definition) is 4. The lowest BCUT2D eigenvalue weighted by Crippen LogP contribution is -2.22. The van der Waals surface area contributed by atoms with Crippen LogP contribution >= 0.6 is 11.6 Å². The van der Waals surface area contributed by atoms with Crippen molar-refractivity contribution in [2.75, 3.05) is 12.9 Å². The van der Waals surface area contributed by atoms with E-state index in [-0.39, 0.29) is 11.6 Å². The SMILES string of the molecule is CCC(=O)C(CCCCCCOc1ccc([S@@](C)=O)cc1Cl)C(=O)CC. The van der Waals surface area contributed by atoms with E-state index in [1.807, 2.05) is 13.8 Å².